The molecule has 1 aliphatic rings. The zero-order valence-corrected chi connectivity index (χ0v) is 20.0. The van der Waals surface area contributed by atoms with Gasteiger partial charge in [0.15, 0.2) is 0 Å². The predicted molar refractivity (Wildman–Crippen MR) is 136 cm³/mol. The quantitative estimate of drug-likeness (QED) is 0.463. The van der Waals surface area contributed by atoms with E-state index in [-0.39, 0.29) is 5.91 Å². The highest BCUT2D eigenvalue weighted by atomic mass is 16.6. The Morgan fingerprint density at radius 2 is 1.62 bits per heavy atom. The molecule has 0 unspecified atom stereocenters. The summed E-state index contributed by atoms with van der Waals surface area (Å²) in [6, 6.07) is 25.1. The molecule has 0 fully saturated rings. The Labute approximate surface area is 201 Å². The minimum absolute atomic E-state index is 0.0446. The van der Waals surface area contributed by atoms with E-state index in [0.29, 0.717) is 5.69 Å². The Balaban J connectivity index is 1.93. The molecule has 174 valence electrons. The summed E-state index contributed by atoms with van der Waals surface area (Å²) in [5.41, 5.74) is 2.33. The van der Waals surface area contributed by atoms with Crippen molar-refractivity contribution in [1.82, 2.24) is 0 Å². The van der Waals surface area contributed by atoms with Crippen LogP contribution in [0.2, 0.25) is 0 Å². The first-order valence-electron chi connectivity index (χ1n) is 11.3. The molecule has 3 aromatic rings. The molecule has 5 nitrogen and oxygen atoms in total. The fraction of sp³-hybridized carbons (Fsp3) is 0.241. The third-order valence-corrected chi connectivity index (χ3v) is 6.20. The highest BCUT2D eigenvalue weighted by molar-refractivity contribution is 6.11. The van der Waals surface area contributed by atoms with Crippen molar-refractivity contribution in [3.05, 3.63) is 108 Å². The van der Waals surface area contributed by atoms with Gasteiger partial charge in [-0.05, 0) is 49.6 Å². The molecule has 0 spiro atoms. The number of carbonyl (C=O) groups is 2. The van der Waals surface area contributed by atoms with E-state index in [2.05, 4.69) is 11.9 Å². The van der Waals surface area contributed by atoms with E-state index in [0.717, 1.165) is 22.4 Å². The summed E-state index contributed by atoms with van der Waals surface area (Å²) in [5, 5.41) is 2.89. The summed E-state index contributed by atoms with van der Waals surface area (Å²) in [4.78, 5) is 28.5. The third kappa shape index (κ3) is 3.87. The topological polar surface area (TPSA) is 58.6 Å². The van der Waals surface area contributed by atoms with Gasteiger partial charge in [0.25, 0.3) is 0 Å². The van der Waals surface area contributed by atoms with Gasteiger partial charge in [-0.25, -0.2) is 4.79 Å². The number of carbonyl (C=O) groups excluding carboxylic acids is 2. The van der Waals surface area contributed by atoms with E-state index >= 15 is 0 Å². The number of hydrogen-bond acceptors (Lipinski definition) is 3. The minimum Gasteiger partial charge on any atom is -0.444 e. The van der Waals surface area contributed by atoms with Crippen molar-refractivity contribution in [3.63, 3.8) is 0 Å². The number of benzene rings is 3. The summed E-state index contributed by atoms with van der Waals surface area (Å²) >= 11 is 0. The van der Waals surface area contributed by atoms with E-state index in [1.807, 2.05) is 99.6 Å². The highest BCUT2D eigenvalue weighted by Gasteiger charge is 2.55. The van der Waals surface area contributed by atoms with E-state index in [1.165, 1.54) is 0 Å². The number of likely N-dealkylation sites (N-methyl/N-ethyl adjacent to an activating group) is 1. The molecule has 1 N–H and O–H groups in total. The van der Waals surface area contributed by atoms with Gasteiger partial charge in [0.2, 0.25) is 5.91 Å². The normalized spacial score (nSPS) is 18.2. The Kier molecular flexibility index (Phi) is 6.05. The smallest absolute Gasteiger partial charge is 0.412 e. The molecule has 1 aliphatic heterocycles. The molecule has 0 bridgehead atoms. The van der Waals surface area contributed by atoms with Crippen LogP contribution in [-0.4, -0.2) is 24.6 Å². The van der Waals surface area contributed by atoms with Crippen LogP contribution in [0.15, 0.2) is 91.5 Å². The lowest BCUT2D eigenvalue weighted by molar-refractivity contribution is -0.121. The molecule has 0 aromatic heterocycles. The van der Waals surface area contributed by atoms with E-state index in [4.69, 9.17) is 4.74 Å². The molecule has 2 atom stereocenters. The first kappa shape index (κ1) is 23.3. The van der Waals surface area contributed by atoms with Crippen molar-refractivity contribution in [1.29, 1.82) is 0 Å². The fourth-order valence-electron chi connectivity index (χ4n) is 4.88. The second-order valence-corrected chi connectivity index (χ2v) is 9.48. The van der Waals surface area contributed by atoms with Gasteiger partial charge in [-0.1, -0.05) is 72.8 Å². The summed E-state index contributed by atoms with van der Waals surface area (Å²) < 4.78 is 5.49. The predicted octanol–water partition coefficient (Wildman–Crippen LogP) is 6.27. The zero-order chi connectivity index (χ0) is 24.5. The Morgan fingerprint density at radius 3 is 2.29 bits per heavy atom. The van der Waals surface area contributed by atoms with Crippen molar-refractivity contribution in [3.8, 4) is 0 Å². The molecule has 0 saturated heterocycles. The van der Waals surface area contributed by atoms with E-state index in [9.17, 15) is 9.59 Å². The molecule has 1 heterocycles. The van der Waals surface area contributed by atoms with Crippen LogP contribution >= 0.6 is 0 Å². The fourth-order valence-corrected chi connectivity index (χ4v) is 4.88. The monoisotopic (exact) mass is 454 g/mol. The average molecular weight is 455 g/mol. The lowest BCUT2D eigenvalue weighted by Gasteiger charge is -2.36. The average Bonchev–Trinajstić information content (AvgIpc) is 3.03. The number of anilines is 2. The molecule has 4 rings (SSSR count). The second kappa shape index (κ2) is 8.82. The van der Waals surface area contributed by atoms with E-state index in [1.54, 1.807) is 18.0 Å². The van der Waals surface area contributed by atoms with Gasteiger partial charge in [-0.15, -0.1) is 6.58 Å². The van der Waals surface area contributed by atoms with Crippen LogP contribution in [0.5, 0.6) is 0 Å². The van der Waals surface area contributed by atoms with Crippen LogP contribution in [0.4, 0.5) is 16.2 Å². The summed E-state index contributed by atoms with van der Waals surface area (Å²) in [6.07, 6.45) is 1.25. The van der Waals surface area contributed by atoms with Crippen molar-refractivity contribution >= 4 is 23.4 Å². The number of rotatable bonds is 5. The van der Waals surface area contributed by atoms with Crippen LogP contribution < -0.4 is 10.2 Å². The van der Waals surface area contributed by atoms with Crippen LogP contribution in [-0.2, 0) is 14.9 Å². The number of para-hydroxylation sites is 2. The van der Waals surface area contributed by atoms with Gasteiger partial charge < -0.3 is 9.64 Å². The first-order chi connectivity index (χ1) is 16.2. The zero-order valence-electron chi connectivity index (χ0n) is 20.0. The maximum atomic E-state index is 14.1. The summed E-state index contributed by atoms with van der Waals surface area (Å²) in [6.45, 7) is 9.61. The van der Waals surface area contributed by atoms with Gasteiger partial charge in [0.05, 0.1) is 0 Å². The molecule has 3 aromatic carbocycles. The molecule has 5 heteroatoms. The number of ether oxygens (including phenoxy) is 1. The van der Waals surface area contributed by atoms with Crippen LogP contribution in [0.1, 0.15) is 43.4 Å². The van der Waals surface area contributed by atoms with Crippen LogP contribution in [0, 0.1) is 0 Å². The summed E-state index contributed by atoms with van der Waals surface area (Å²) in [5.74, 6) is -0.503. The lowest BCUT2D eigenvalue weighted by atomic mass is 9.64. The minimum atomic E-state index is -1.04. The van der Waals surface area contributed by atoms with Crippen molar-refractivity contribution in [2.24, 2.45) is 0 Å². The number of allylic oxidation sites excluding steroid dienone is 1. The number of amides is 2. The maximum Gasteiger partial charge on any atom is 0.412 e. The second-order valence-electron chi connectivity index (χ2n) is 9.48. The van der Waals surface area contributed by atoms with Crippen LogP contribution in [0.3, 0.4) is 0 Å². The van der Waals surface area contributed by atoms with Gasteiger partial charge >= 0.3 is 6.09 Å². The molecule has 0 aliphatic carbocycles. The van der Waals surface area contributed by atoms with Crippen molar-refractivity contribution in [2.45, 2.75) is 37.7 Å². The van der Waals surface area contributed by atoms with Gasteiger partial charge in [0.1, 0.15) is 11.0 Å². The molecular weight excluding hydrogens is 424 g/mol. The molecule has 0 saturated carbocycles. The maximum absolute atomic E-state index is 14.1. The Bertz CT molecular complexity index is 1230. The van der Waals surface area contributed by atoms with Crippen LogP contribution in [0.25, 0.3) is 0 Å². The Hall–Kier alpha value is -3.86. The van der Waals surface area contributed by atoms with Gasteiger partial charge in [-0.2, -0.15) is 0 Å². The number of hydrogen-bond donors (Lipinski definition) is 1. The summed E-state index contributed by atoms with van der Waals surface area (Å²) in [7, 11) is 1.80. The SMILES string of the molecule is C=C[C@@H](c1ccccc1NC(=O)OC(C)(C)C)[C@]1(c2ccccc2)C(=O)N(C)c2ccccc21. The molecular formula is C29H30N2O3. The number of fused-ring (bicyclic) bond motifs is 1. The molecule has 2 amide bonds. The number of nitrogens with zero attached hydrogens (tertiary/aromatic N) is 1. The largest absolute Gasteiger partial charge is 0.444 e. The number of nitrogens with one attached hydrogen (secondary N) is 1. The van der Waals surface area contributed by atoms with E-state index < -0.39 is 23.0 Å². The first-order valence-corrected chi connectivity index (χ1v) is 11.3. The highest BCUT2D eigenvalue weighted by Crippen LogP contribution is 2.54. The van der Waals surface area contributed by atoms with Crippen molar-refractivity contribution < 1.29 is 14.3 Å². The standard InChI is InChI=1S/C29H30N2O3/c1-6-22(21-16-10-12-18-24(21)30-27(33)34-28(2,3)4)29(20-14-8-7-9-15-20)23-17-11-13-19-25(23)31(5)26(29)32/h6-19,22H,1H2,2-5H3,(H,30,33)/t22-,29-/m0/s1. The molecule has 0 radical (unpaired) electrons. The third-order valence-electron chi connectivity index (χ3n) is 6.20. The Morgan fingerprint density at radius 1 is 1.00 bits per heavy atom. The van der Waals surface area contributed by atoms with Gasteiger partial charge in [0, 0.05) is 24.3 Å². The van der Waals surface area contributed by atoms with Crippen molar-refractivity contribution in [2.75, 3.05) is 17.3 Å². The lowest BCUT2D eigenvalue weighted by Crippen LogP contribution is -2.44. The van der Waals surface area contributed by atoms with Gasteiger partial charge in [-0.3, -0.25) is 10.1 Å². The molecule has 34 heavy (non-hydrogen) atoms.